The highest BCUT2D eigenvalue weighted by atomic mass is 16.5. The molecule has 9 heavy (non-hydrogen) atoms. The van der Waals surface area contributed by atoms with Gasteiger partial charge >= 0.3 is 0 Å². The molecule has 0 aliphatic heterocycles. The molecule has 44 valence electrons. The van der Waals surface area contributed by atoms with Crippen molar-refractivity contribution in [3.05, 3.63) is 12.5 Å². The summed E-state index contributed by atoms with van der Waals surface area (Å²) in [6, 6.07) is 0. The van der Waals surface area contributed by atoms with Crippen LogP contribution in [0.15, 0.2) is 17.0 Å². The van der Waals surface area contributed by atoms with Gasteiger partial charge in [0.1, 0.15) is 6.33 Å². The van der Waals surface area contributed by atoms with Gasteiger partial charge in [0.05, 0.1) is 6.20 Å². The van der Waals surface area contributed by atoms with Gasteiger partial charge in [-0.05, 0) is 0 Å². The molecule has 0 spiro atoms. The number of aromatic nitrogens is 4. The molecule has 0 saturated carbocycles. The fraction of sp³-hybridized carbons (Fsp3) is 0. The summed E-state index contributed by atoms with van der Waals surface area (Å²) < 4.78 is 4.61. The van der Waals surface area contributed by atoms with Crippen molar-refractivity contribution in [2.45, 2.75) is 0 Å². The minimum absolute atomic E-state index is 0.421. The third kappa shape index (κ3) is 0.543. The van der Waals surface area contributed by atoms with Crippen LogP contribution in [-0.4, -0.2) is 20.3 Å². The molecule has 0 radical (unpaired) electrons. The van der Waals surface area contributed by atoms with Gasteiger partial charge in [-0.3, -0.25) is 0 Å². The fourth-order valence-electron chi connectivity index (χ4n) is 0.553. The highest BCUT2D eigenvalue weighted by molar-refractivity contribution is 5.63. The lowest BCUT2D eigenvalue weighted by Gasteiger charge is -1.75. The summed E-state index contributed by atoms with van der Waals surface area (Å²) in [6.07, 6.45) is 2.92. The van der Waals surface area contributed by atoms with E-state index in [1.165, 1.54) is 6.33 Å². The Labute approximate surface area is 49.7 Å². The average Bonchev–Trinajstić information content (AvgIpc) is 2.33. The van der Waals surface area contributed by atoms with Crippen LogP contribution in [-0.2, 0) is 0 Å². The van der Waals surface area contributed by atoms with Crippen LogP contribution >= 0.6 is 0 Å². The quantitative estimate of drug-likeness (QED) is 0.492. The van der Waals surface area contributed by atoms with Gasteiger partial charge in [-0.1, -0.05) is 0 Å². The predicted octanol–water partition coefficient (Wildman–Crippen LogP) is 0.0128. The Bertz CT molecular complexity index is 287. The first-order valence-corrected chi connectivity index (χ1v) is 2.35. The summed E-state index contributed by atoms with van der Waals surface area (Å²) in [7, 11) is 0. The van der Waals surface area contributed by atoms with Crippen molar-refractivity contribution in [1.29, 1.82) is 0 Å². The summed E-state index contributed by atoms with van der Waals surface area (Å²) in [5.41, 5.74) is 1.00. The SMILES string of the molecule is c1ncc2nnoc2n1. The van der Waals surface area contributed by atoms with Crippen molar-refractivity contribution < 1.29 is 4.52 Å². The Kier molecular flexibility index (Phi) is 0.717. The third-order valence-electron chi connectivity index (χ3n) is 0.933. The lowest BCUT2D eigenvalue weighted by Crippen LogP contribution is -1.74. The molecule has 0 bridgehead atoms. The van der Waals surface area contributed by atoms with Crippen molar-refractivity contribution in [3.8, 4) is 0 Å². The maximum atomic E-state index is 4.61. The number of fused-ring (bicyclic) bond motifs is 1. The molecule has 2 rings (SSSR count). The van der Waals surface area contributed by atoms with Gasteiger partial charge in [0.2, 0.25) is 0 Å². The Hall–Kier alpha value is -1.52. The molecule has 2 heterocycles. The fourth-order valence-corrected chi connectivity index (χ4v) is 0.553. The zero-order chi connectivity index (χ0) is 6.10. The second kappa shape index (κ2) is 1.48. The minimum Gasteiger partial charge on any atom is -0.316 e. The normalized spacial score (nSPS) is 10.2. The van der Waals surface area contributed by atoms with E-state index in [0.29, 0.717) is 11.2 Å². The molecule has 0 N–H and O–H groups in total. The van der Waals surface area contributed by atoms with E-state index in [4.69, 9.17) is 0 Å². The summed E-state index contributed by atoms with van der Waals surface area (Å²) >= 11 is 0. The highest BCUT2D eigenvalue weighted by Gasteiger charge is 1.96. The summed E-state index contributed by atoms with van der Waals surface area (Å²) in [4.78, 5) is 7.45. The summed E-state index contributed by atoms with van der Waals surface area (Å²) in [6.45, 7) is 0. The number of hydrogen-bond donors (Lipinski definition) is 0. The van der Waals surface area contributed by atoms with Gasteiger partial charge < -0.3 is 4.52 Å². The van der Waals surface area contributed by atoms with Crippen LogP contribution in [0.2, 0.25) is 0 Å². The van der Waals surface area contributed by atoms with Crippen LogP contribution in [0.3, 0.4) is 0 Å². The maximum Gasteiger partial charge on any atom is 0.281 e. The van der Waals surface area contributed by atoms with Crippen LogP contribution in [0, 0.1) is 0 Å². The average molecular weight is 122 g/mol. The lowest BCUT2D eigenvalue weighted by atomic mass is 10.6. The van der Waals surface area contributed by atoms with E-state index in [-0.39, 0.29) is 0 Å². The van der Waals surface area contributed by atoms with Gasteiger partial charge in [-0.15, -0.1) is 5.10 Å². The molecule has 0 atom stereocenters. The Morgan fingerprint density at radius 2 is 2.44 bits per heavy atom. The molecule has 0 aliphatic carbocycles. The Morgan fingerprint density at radius 3 is 3.33 bits per heavy atom. The smallest absolute Gasteiger partial charge is 0.281 e. The highest BCUT2D eigenvalue weighted by Crippen LogP contribution is 2.00. The molecule has 0 amide bonds. The van der Waals surface area contributed by atoms with E-state index in [9.17, 15) is 0 Å². The first-order chi connectivity index (χ1) is 4.47. The topological polar surface area (TPSA) is 64.7 Å². The van der Waals surface area contributed by atoms with Crippen molar-refractivity contribution in [3.63, 3.8) is 0 Å². The van der Waals surface area contributed by atoms with Gasteiger partial charge in [0.15, 0.2) is 5.52 Å². The zero-order valence-electron chi connectivity index (χ0n) is 4.35. The Balaban J connectivity index is 2.95. The van der Waals surface area contributed by atoms with Crippen LogP contribution in [0.25, 0.3) is 11.2 Å². The van der Waals surface area contributed by atoms with Crippen molar-refractivity contribution in [2.75, 3.05) is 0 Å². The summed E-state index contributed by atoms with van der Waals surface area (Å²) in [5, 5.41) is 6.85. The molecular weight excluding hydrogens is 120 g/mol. The summed E-state index contributed by atoms with van der Waals surface area (Å²) in [5.74, 6) is 0. The van der Waals surface area contributed by atoms with E-state index < -0.39 is 0 Å². The van der Waals surface area contributed by atoms with Crippen LogP contribution < -0.4 is 0 Å². The van der Waals surface area contributed by atoms with Crippen LogP contribution in [0.5, 0.6) is 0 Å². The lowest BCUT2D eigenvalue weighted by molar-refractivity contribution is 0.417. The monoisotopic (exact) mass is 122 g/mol. The van der Waals surface area contributed by atoms with E-state index in [1.54, 1.807) is 6.20 Å². The molecule has 2 aromatic heterocycles. The standard InChI is InChI=1S/C4H2N4O/c1-3-4(6-2-5-1)9-8-7-3/h1-2H. The maximum absolute atomic E-state index is 4.61. The third-order valence-corrected chi connectivity index (χ3v) is 0.933. The molecular formula is C4H2N4O. The van der Waals surface area contributed by atoms with E-state index in [0.717, 1.165) is 0 Å². The largest absolute Gasteiger partial charge is 0.316 e. The van der Waals surface area contributed by atoms with Gasteiger partial charge in [0.25, 0.3) is 5.71 Å². The molecule has 0 saturated heterocycles. The Morgan fingerprint density at radius 1 is 1.44 bits per heavy atom. The van der Waals surface area contributed by atoms with E-state index in [2.05, 4.69) is 24.9 Å². The van der Waals surface area contributed by atoms with Gasteiger partial charge in [0, 0.05) is 5.27 Å². The second-order valence-corrected chi connectivity index (χ2v) is 1.49. The minimum atomic E-state index is 0.421. The van der Waals surface area contributed by atoms with Crippen molar-refractivity contribution in [2.24, 2.45) is 0 Å². The molecule has 5 heteroatoms. The molecule has 0 aromatic carbocycles. The zero-order valence-corrected chi connectivity index (χ0v) is 4.35. The molecule has 0 aliphatic rings. The molecule has 5 nitrogen and oxygen atoms in total. The number of nitrogens with zero attached hydrogens (tertiary/aromatic N) is 4. The van der Waals surface area contributed by atoms with E-state index in [1.807, 2.05) is 0 Å². The van der Waals surface area contributed by atoms with Gasteiger partial charge in [-0.25, -0.2) is 4.98 Å². The number of rotatable bonds is 0. The first-order valence-electron chi connectivity index (χ1n) is 2.35. The van der Waals surface area contributed by atoms with Gasteiger partial charge in [-0.2, -0.15) is 4.98 Å². The van der Waals surface area contributed by atoms with Crippen molar-refractivity contribution >= 4 is 11.2 Å². The second-order valence-electron chi connectivity index (χ2n) is 1.49. The number of hydrogen-bond acceptors (Lipinski definition) is 5. The van der Waals surface area contributed by atoms with Crippen LogP contribution in [0.4, 0.5) is 0 Å². The first kappa shape index (κ1) is 4.37. The molecule has 0 fully saturated rings. The van der Waals surface area contributed by atoms with E-state index >= 15 is 0 Å². The predicted molar refractivity (Wildman–Crippen MR) is 27.4 cm³/mol. The molecule has 2 aromatic rings. The molecule has 0 unspecified atom stereocenters. The van der Waals surface area contributed by atoms with Crippen molar-refractivity contribution in [1.82, 2.24) is 20.3 Å². The van der Waals surface area contributed by atoms with Crippen LogP contribution in [0.1, 0.15) is 0 Å².